The van der Waals surface area contributed by atoms with Crippen molar-refractivity contribution in [3.63, 3.8) is 0 Å². The average molecular weight is 480 g/mol. The summed E-state index contributed by atoms with van der Waals surface area (Å²) < 4.78 is 17.9. The minimum Gasteiger partial charge on any atom is -0.368 e. The van der Waals surface area contributed by atoms with E-state index in [1.165, 1.54) is 12.5 Å². The van der Waals surface area contributed by atoms with Gasteiger partial charge in [-0.05, 0) is 32.9 Å². The van der Waals surface area contributed by atoms with Crippen LogP contribution in [-0.2, 0) is 6.54 Å². The summed E-state index contributed by atoms with van der Waals surface area (Å²) in [4.78, 5) is 19.7. The number of hydrogen-bond donors (Lipinski definition) is 2. The summed E-state index contributed by atoms with van der Waals surface area (Å²) in [5.74, 6) is -0.813. The van der Waals surface area contributed by atoms with Gasteiger partial charge < -0.3 is 19.9 Å². The van der Waals surface area contributed by atoms with E-state index < -0.39 is 5.82 Å². The highest BCUT2D eigenvalue weighted by atomic mass is 19.1. The van der Waals surface area contributed by atoms with Gasteiger partial charge >= 0.3 is 0 Å². The highest BCUT2D eigenvalue weighted by Crippen LogP contribution is 2.30. The Labute approximate surface area is 205 Å². The van der Waals surface area contributed by atoms with Crippen LogP contribution in [0.4, 0.5) is 15.8 Å². The number of carbonyl (C=O) groups excluding carboxylic acids is 1. The van der Waals surface area contributed by atoms with Gasteiger partial charge in [0.15, 0.2) is 11.5 Å². The molecule has 8 nitrogen and oxygen atoms in total. The topological polar surface area (TPSA) is 79.5 Å². The van der Waals surface area contributed by atoms with E-state index in [0.29, 0.717) is 35.0 Å². The zero-order valence-electron chi connectivity index (χ0n) is 21.1. The largest absolute Gasteiger partial charge is 0.368 e. The normalized spacial score (nSPS) is 15.8. The molecule has 1 saturated heterocycles. The Morgan fingerprint density at radius 2 is 2.00 bits per heavy atom. The first-order valence-corrected chi connectivity index (χ1v) is 12.3. The van der Waals surface area contributed by atoms with Crippen molar-refractivity contribution in [3.8, 4) is 0 Å². The number of piperazine rings is 1. The van der Waals surface area contributed by atoms with E-state index in [1.54, 1.807) is 23.7 Å². The number of benzene rings is 1. The highest BCUT2D eigenvalue weighted by Gasteiger charge is 2.22. The molecule has 0 saturated carbocycles. The van der Waals surface area contributed by atoms with E-state index in [2.05, 4.69) is 46.4 Å². The molecule has 9 heteroatoms. The Morgan fingerprint density at radius 3 is 2.71 bits per heavy atom. The molecule has 1 aliphatic rings. The molecule has 0 aliphatic carbocycles. The van der Waals surface area contributed by atoms with Crippen LogP contribution in [0, 0.1) is 12.7 Å². The summed E-state index contributed by atoms with van der Waals surface area (Å²) >= 11 is 0. The molecule has 1 aromatic carbocycles. The van der Waals surface area contributed by atoms with Crippen LogP contribution in [0.1, 0.15) is 50.2 Å². The number of hydrogen-bond acceptors (Lipinski definition) is 5. The van der Waals surface area contributed by atoms with Crippen molar-refractivity contribution in [1.29, 1.82) is 0 Å². The van der Waals surface area contributed by atoms with Gasteiger partial charge in [0, 0.05) is 68.0 Å². The van der Waals surface area contributed by atoms with Crippen molar-refractivity contribution in [3.05, 3.63) is 53.9 Å². The number of nitrogens with zero attached hydrogens (tertiary/aromatic N) is 5. The monoisotopic (exact) mass is 479 g/mol. The van der Waals surface area contributed by atoms with Gasteiger partial charge in [-0.2, -0.15) is 5.10 Å². The van der Waals surface area contributed by atoms with Crippen LogP contribution in [-0.4, -0.2) is 50.7 Å². The number of nitrogens with one attached hydrogen (secondary N) is 2. The van der Waals surface area contributed by atoms with Crippen molar-refractivity contribution >= 4 is 33.8 Å². The third-order valence-corrected chi connectivity index (χ3v) is 5.86. The molecule has 186 valence electrons. The standard InChI is InChI=1S/C23H26FN7O.C3H8/c1-4-31-13-18-20(29-8-7-25-14(2)10-29)6-5-17(21(18)28-31)23(32)27-16-9-19(24)22-26-15(3)11-30(22)12-16;1-3-2/h5-6,9,11-14,25H,4,7-8,10H2,1-3H3,(H,27,32);3H2,1-2H3. The Morgan fingerprint density at radius 1 is 1.23 bits per heavy atom. The first-order valence-electron chi connectivity index (χ1n) is 12.3. The molecule has 1 amide bonds. The smallest absolute Gasteiger partial charge is 0.257 e. The number of amides is 1. The minimum absolute atomic E-state index is 0.235. The maximum absolute atomic E-state index is 14.4. The van der Waals surface area contributed by atoms with Gasteiger partial charge in [-0.15, -0.1) is 0 Å². The Balaban J connectivity index is 0.000000917. The summed E-state index contributed by atoms with van der Waals surface area (Å²) in [5, 5.41) is 11.9. The quantitative estimate of drug-likeness (QED) is 0.447. The lowest BCUT2D eigenvalue weighted by Gasteiger charge is -2.34. The SMILES string of the molecule is CCC.CCn1cc2c(N3CCNC(C)C3)ccc(C(=O)Nc3cc(F)c4nc(C)cn4c3)c2n1. The highest BCUT2D eigenvalue weighted by molar-refractivity contribution is 6.13. The number of anilines is 2. The minimum atomic E-state index is -0.487. The molecule has 5 rings (SSSR count). The van der Waals surface area contributed by atoms with Gasteiger partial charge in [-0.25, -0.2) is 9.37 Å². The lowest BCUT2D eigenvalue weighted by atomic mass is 10.1. The molecule has 1 fully saturated rings. The van der Waals surface area contributed by atoms with Gasteiger partial charge in [0.25, 0.3) is 5.91 Å². The molecule has 1 aliphatic heterocycles. The van der Waals surface area contributed by atoms with Crippen LogP contribution >= 0.6 is 0 Å². The molecule has 1 unspecified atom stereocenters. The van der Waals surface area contributed by atoms with Crippen molar-refractivity contribution in [2.45, 2.75) is 53.6 Å². The number of imidazole rings is 1. The maximum Gasteiger partial charge on any atom is 0.257 e. The number of pyridine rings is 1. The zero-order valence-corrected chi connectivity index (χ0v) is 21.1. The van der Waals surface area contributed by atoms with E-state index in [4.69, 9.17) is 0 Å². The first-order chi connectivity index (χ1) is 16.8. The first kappa shape index (κ1) is 24.7. The Bertz CT molecular complexity index is 1340. The third kappa shape index (κ3) is 5.14. The second-order valence-corrected chi connectivity index (χ2v) is 9.03. The van der Waals surface area contributed by atoms with E-state index in [0.717, 1.165) is 30.7 Å². The molecule has 4 aromatic rings. The molecule has 3 aromatic heterocycles. The molecule has 0 radical (unpaired) electrons. The van der Waals surface area contributed by atoms with Crippen LogP contribution in [0.15, 0.2) is 36.8 Å². The third-order valence-electron chi connectivity index (χ3n) is 5.86. The lowest BCUT2D eigenvalue weighted by Crippen LogP contribution is -2.49. The Hall–Kier alpha value is -3.46. The fourth-order valence-electron chi connectivity index (χ4n) is 4.36. The molecule has 2 N–H and O–H groups in total. The number of carbonyl (C=O) groups is 1. The van der Waals surface area contributed by atoms with Gasteiger partial charge in [0.2, 0.25) is 0 Å². The molecular weight excluding hydrogens is 445 g/mol. The van der Waals surface area contributed by atoms with E-state index in [1.807, 2.05) is 29.9 Å². The summed E-state index contributed by atoms with van der Waals surface area (Å²) in [6.07, 6.45) is 6.63. The molecular formula is C26H34FN7O. The van der Waals surface area contributed by atoms with Crippen molar-refractivity contribution in [2.75, 3.05) is 29.9 Å². The van der Waals surface area contributed by atoms with Crippen LogP contribution in [0.5, 0.6) is 0 Å². The van der Waals surface area contributed by atoms with Crippen LogP contribution < -0.4 is 15.5 Å². The van der Waals surface area contributed by atoms with Gasteiger partial charge in [0.05, 0.1) is 16.9 Å². The average Bonchev–Trinajstić information content (AvgIpc) is 3.42. The fraction of sp³-hybridized carbons (Fsp3) is 0.423. The number of aryl methyl sites for hydroxylation is 2. The van der Waals surface area contributed by atoms with Crippen LogP contribution in [0.3, 0.4) is 0 Å². The molecule has 1 atom stereocenters. The molecule has 0 spiro atoms. The number of rotatable bonds is 4. The summed E-state index contributed by atoms with van der Waals surface area (Å²) in [5.41, 5.74) is 3.48. The number of aromatic nitrogens is 4. The molecule has 35 heavy (non-hydrogen) atoms. The molecule has 0 bridgehead atoms. The van der Waals surface area contributed by atoms with Gasteiger partial charge in [-0.3, -0.25) is 9.48 Å². The van der Waals surface area contributed by atoms with Crippen molar-refractivity contribution in [2.24, 2.45) is 0 Å². The Kier molecular flexibility index (Phi) is 7.35. The summed E-state index contributed by atoms with van der Waals surface area (Å²) in [6, 6.07) is 5.47. The summed E-state index contributed by atoms with van der Waals surface area (Å²) in [6.45, 7) is 13.6. The van der Waals surface area contributed by atoms with Gasteiger partial charge in [-0.1, -0.05) is 20.3 Å². The van der Waals surface area contributed by atoms with Crippen molar-refractivity contribution in [1.82, 2.24) is 24.5 Å². The van der Waals surface area contributed by atoms with Crippen LogP contribution in [0.2, 0.25) is 0 Å². The second-order valence-electron chi connectivity index (χ2n) is 9.03. The maximum atomic E-state index is 14.4. The molecule has 4 heterocycles. The predicted octanol–water partition coefficient (Wildman–Crippen LogP) is 4.62. The number of fused-ring (bicyclic) bond motifs is 2. The van der Waals surface area contributed by atoms with Crippen LogP contribution in [0.25, 0.3) is 16.6 Å². The van der Waals surface area contributed by atoms with E-state index in [-0.39, 0.29) is 11.6 Å². The van der Waals surface area contributed by atoms with Crippen molar-refractivity contribution < 1.29 is 9.18 Å². The van der Waals surface area contributed by atoms with E-state index >= 15 is 0 Å². The van der Waals surface area contributed by atoms with Gasteiger partial charge in [0.1, 0.15) is 5.52 Å². The fourth-order valence-corrected chi connectivity index (χ4v) is 4.36. The van der Waals surface area contributed by atoms with E-state index in [9.17, 15) is 9.18 Å². The predicted molar refractivity (Wildman–Crippen MR) is 139 cm³/mol. The lowest BCUT2D eigenvalue weighted by molar-refractivity contribution is 0.102. The number of halogens is 1. The zero-order chi connectivity index (χ0) is 25.1. The summed E-state index contributed by atoms with van der Waals surface area (Å²) in [7, 11) is 0. The second kappa shape index (κ2) is 10.4.